The van der Waals surface area contributed by atoms with E-state index in [1.54, 1.807) is 0 Å². The maximum Gasteiger partial charge on any atom is 0.254 e. The van der Waals surface area contributed by atoms with Crippen LogP contribution in [-0.4, -0.2) is 171 Å². The SMILES string of the molecule is CCNC[C@H]1O[C@H](OC2[C@@H](N)C[C@@H](NC(=O)C3(O)CC3N=C(N)N)[C@H](O[C@H]3O[C@H](CO)[C@@H](O)[C@H](N)[C@H]3O)[C@H]2O)[C@H](N)[C@@H](O)[C@@H]1O. The second-order valence-electron chi connectivity index (χ2n) is 12.1. The number of ether oxygens (including phenoxy) is 4. The van der Waals surface area contributed by atoms with Gasteiger partial charge in [-0.05, 0) is 13.0 Å². The van der Waals surface area contributed by atoms with E-state index in [0.717, 1.165) is 0 Å². The molecule has 2 saturated carbocycles. The Hall–Kier alpha value is -1.86. The monoisotopic (exact) mass is 652 g/mol. The third-order valence-corrected chi connectivity index (χ3v) is 8.79. The van der Waals surface area contributed by atoms with Gasteiger partial charge in [-0.15, -0.1) is 0 Å². The van der Waals surface area contributed by atoms with Crippen molar-refractivity contribution in [3.8, 4) is 0 Å². The van der Waals surface area contributed by atoms with Crippen molar-refractivity contribution >= 4 is 11.9 Å². The molecule has 0 radical (unpaired) electrons. The first-order valence-electron chi connectivity index (χ1n) is 14.9. The van der Waals surface area contributed by atoms with Crippen LogP contribution in [0.2, 0.25) is 0 Å². The van der Waals surface area contributed by atoms with Crippen molar-refractivity contribution in [2.75, 3.05) is 19.7 Å². The fourth-order valence-corrected chi connectivity index (χ4v) is 5.91. The van der Waals surface area contributed by atoms with Crippen LogP contribution in [0.4, 0.5) is 0 Å². The highest BCUT2D eigenvalue weighted by Gasteiger charge is 2.61. The van der Waals surface area contributed by atoms with Crippen molar-refractivity contribution in [3.05, 3.63) is 0 Å². The molecule has 20 heteroatoms. The summed E-state index contributed by atoms with van der Waals surface area (Å²) in [5, 5.41) is 79.6. The normalized spacial score (nSPS) is 48.4. The largest absolute Gasteiger partial charge is 0.394 e. The maximum absolute atomic E-state index is 13.1. The highest BCUT2D eigenvalue weighted by Crippen LogP contribution is 2.40. The molecular formula is C25H48N8O12. The van der Waals surface area contributed by atoms with E-state index in [2.05, 4.69) is 15.6 Å². The Balaban J connectivity index is 1.57. The van der Waals surface area contributed by atoms with Crippen LogP contribution in [-0.2, 0) is 23.7 Å². The molecule has 1 amide bonds. The summed E-state index contributed by atoms with van der Waals surface area (Å²) < 4.78 is 23.3. The Labute approximate surface area is 258 Å². The number of aliphatic hydroxyl groups excluding tert-OH is 6. The van der Waals surface area contributed by atoms with Gasteiger partial charge < -0.3 is 94.0 Å². The minimum absolute atomic E-state index is 0.0795. The number of hydrogen-bond acceptors (Lipinski definition) is 17. The van der Waals surface area contributed by atoms with Crippen molar-refractivity contribution in [1.29, 1.82) is 0 Å². The van der Waals surface area contributed by atoms with Gasteiger partial charge in [0.1, 0.15) is 54.9 Å². The fourth-order valence-electron chi connectivity index (χ4n) is 5.91. The van der Waals surface area contributed by atoms with Gasteiger partial charge in [0, 0.05) is 19.0 Å². The van der Waals surface area contributed by atoms with Crippen molar-refractivity contribution in [2.45, 2.75) is 123 Å². The Bertz CT molecular complexity index is 1040. The number of hydrogen-bond donors (Lipinski definition) is 14. The lowest BCUT2D eigenvalue weighted by molar-refractivity contribution is -0.320. The van der Waals surface area contributed by atoms with Crippen LogP contribution in [0, 0.1) is 0 Å². The van der Waals surface area contributed by atoms with Crippen molar-refractivity contribution in [3.63, 3.8) is 0 Å². The topological polar surface area (TPSA) is 362 Å². The zero-order chi connectivity index (χ0) is 33.4. The van der Waals surface area contributed by atoms with Crippen LogP contribution < -0.4 is 39.3 Å². The van der Waals surface area contributed by atoms with Crippen LogP contribution in [0.3, 0.4) is 0 Å². The van der Waals surface area contributed by atoms with E-state index in [1.165, 1.54) is 0 Å². The number of nitrogens with zero attached hydrogens (tertiary/aromatic N) is 1. The standard InChI is InChI=1S/C25H48N8O12/c1-2-31-5-9-15(36)16(37)13(28)21(42-9)44-19-7(26)3-8(32-23(40)25(41)4-11(25)33-24(29)30)20(18(19)39)45-22-17(38)12(27)14(35)10(6-34)43-22/h7-22,31,34-39,41H,2-6,26-28H2,1H3,(H,32,40)(H4,29,30,33)/t7-,8+,9+,10+,11?,12-,13+,14+,15+,16+,17+,18-,19?,20-,21+,22+,25?/m0/s1. The number of aliphatic hydroxyl groups is 7. The summed E-state index contributed by atoms with van der Waals surface area (Å²) in [4.78, 5) is 17.0. The molecule has 0 bridgehead atoms. The third kappa shape index (κ3) is 7.50. The number of likely N-dealkylation sites (N-methyl/N-ethyl adjacent to an activating group) is 1. The first-order valence-corrected chi connectivity index (χ1v) is 14.9. The predicted molar refractivity (Wildman–Crippen MR) is 152 cm³/mol. The van der Waals surface area contributed by atoms with Crippen LogP contribution in [0.5, 0.6) is 0 Å². The molecule has 19 N–H and O–H groups in total. The highest BCUT2D eigenvalue weighted by atomic mass is 16.7. The number of nitrogens with one attached hydrogen (secondary N) is 2. The summed E-state index contributed by atoms with van der Waals surface area (Å²) in [7, 11) is 0. The zero-order valence-corrected chi connectivity index (χ0v) is 24.8. The van der Waals surface area contributed by atoms with Gasteiger partial charge in [-0.25, -0.2) is 4.99 Å². The van der Waals surface area contributed by atoms with Crippen molar-refractivity contribution < 1.29 is 59.5 Å². The van der Waals surface area contributed by atoms with Crippen molar-refractivity contribution in [2.24, 2.45) is 33.7 Å². The molecule has 4 aliphatic rings. The molecule has 3 unspecified atom stereocenters. The number of carbonyl (C=O) groups is 1. The zero-order valence-electron chi connectivity index (χ0n) is 24.8. The molecule has 17 atom stereocenters. The molecule has 4 rings (SSSR count). The van der Waals surface area contributed by atoms with Crippen LogP contribution in [0.1, 0.15) is 19.8 Å². The third-order valence-electron chi connectivity index (χ3n) is 8.79. The minimum atomic E-state index is -1.95. The summed E-state index contributed by atoms with van der Waals surface area (Å²) in [5.41, 5.74) is 27.2. The Morgan fingerprint density at radius 3 is 2.18 bits per heavy atom. The number of amides is 1. The molecule has 20 nitrogen and oxygen atoms in total. The first-order chi connectivity index (χ1) is 21.1. The quantitative estimate of drug-likeness (QED) is 0.0727. The number of aliphatic imine (C=N–C) groups is 1. The summed E-state index contributed by atoms with van der Waals surface area (Å²) >= 11 is 0. The lowest BCUT2D eigenvalue weighted by Crippen LogP contribution is -2.70. The smallest absolute Gasteiger partial charge is 0.254 e. The second-order valence-corrected chi connectivity index (χ2v) is 12.1. The molecule has 2 saturated heterocycles. The molecule has 0 aromatic heterocycles. The van der Waals surface area contributed by atoms with Gasteiger partial charge in [0.15, 0.2) is 24.1 Å². The van der Waals surface area contributed by atoms with Gasteiger partial charge in [-0.2, -0.15) is 0 Å². The van der Waals surface area contributed by atoms with E-state index in [4.69, 9.17) is 47.6 Å². The average molecular weight is 653 g/mol. The summed E-state index contributed by atoms with van der Waals surface area (Å²) in [6, 6.07) is -5.62. The Kier molecular flexibility index (Phi) is 11.6. The summed E-state index contributed by atoms with van der Waals surface area (Å²) in [6.45, 7) is 1.86. The number of guanidine groups is 1. The Morgan fingerprint density at radius 1 is 0.911 bits per heavy atom. The lowest BCUT2D eigenvalue weighted by atomic mass is 9.83. The molecule has 260 valence electrons. The predicted octanol–water partition coefficient (Wildman–Crippen LogP) is -8.74. The molecular weight excluding hydrogens is 604 g/mol. The van der Waals surface area contributed by atoms with E-state index >= 15 is 0 Å². The molecule has 45 heavy (non-hydrogen) atoms. The number of rotatable bonds is 11. The van der Waals surface area contributed by atoms with E-state index < -0.39 is 116 Å². The fraction of sp³-hybridized carbons (Fsp3) is 0.920. The minimum Gasteiger partial charge on any atom is -0.394 e. The first kappa shape index (κ1) is 36.0. The second kappa shape index (κ2) is 14.5. The van der Waals surface area contributed by atoms with Gasteiger partial charge in [0.05, 0.1) is 30.8 Å². The van der Waals surface area contributed by atoms with Crippen molar-refractivity contribution in [1.82, 2.24) is 10.6 Å². The van der Waals surface area contributed by atoms with E-state index in [1.807, 2.05) is 6.92 Å². The molecule has 2 heterocycles. The van der Waals surface area contributed by atoms with Crippen LogP contribution in [0.15, 0.2) is 4.99 Å². The molecule has 0 aromatic carbocycles. The van der Waals surface area contributed by atoms with E-state index in [9.17, 15) is 40.5 Å². The van der Waals surface area contributed by atoms with Gasteiger partial charge in [0.25, 0.3) is 5.91 Å². The van der Waals surface area contributed by atoms with E-state index in [0.29, 0.717) is 6.54 Å². The average Bonchev–Trinajstić information content (AvgIpc) is 3.65. The molecule has 0 aromatic rings. The maximum atomic E-state index is 13.1. The number of nitrogens with two attached hydrogens (primary N) is 5. The number of carbonyl (C=O) groups excluding carboxylic acids is 1. The van der Waals surface area contributed by atoms with Crippen LogP contribution >= 0.6 is 0 Å². The van der Waals surface area contributed by atoms with Crippen LogP contribution in [0.25, 0.3) is 0 Å². The van der Waals surface area contributed by atoms with Gasteiger partial charge in [-0.1, -0.05) is 6.92 Å². The Morgan fingerprint density at radius 2 is 1.56 bits per heavy atom. The van der Waals surface area contributed by atoms with Gasteiger partial charge in [-0.3, -0.25) is 4.79 Å². The van der Waals surface area contributed by atoms with Gasteiger partial charge in [0.2, 0.25) is 0 Å². The summed E-state index contributed by atoms with van der Waals surface area (Å²) in [6.07, 6.45) is -15.7. The van der Waals surface area contributed by atoms with E-state index in [-0.39, 0.29) is 25.3 Å². The highest BCUT2D eigenvalue weighted by molar-refractivity contribution is 5.90. The molecule has 0 spiro atoms. The molecule has 4 fully saturated rings. The lowest BCUT2D eigenvalue weighted by Gasteiger charge is -2.49. The molecule has 2 aliphatic heterocycles. The van der Waals surface area contributed by atoms with Gasteiger partial charge >= 0.3 is 0 Å². The summed E-state index contributed by atoms with van der Waals surface area (Å²) in [5.74, 6) is -1.21. The molecule has 2 aliphatic carbocycles.